The van der Waals surface area contributed by atoms with E-state index in [1.165, 1.54) is 18.9 Å². The van der Waals surface area contributed by atoms with Crippen LogP contribution in [0, 0.1) is 0 Å². The molecular formula is C10H11N3O5S. The van der Waals surface area contributed by atoms with Crippen LogP contribution in [0.25, 0.3) is 0 Å². The number of nitrogens with zero attached hydrogens (tertiary/aromatic N) is 2. The highest BCUT2D eigenvalue weighted by atomic mass is 32.2. The Labute approximate surface area is 112 Å². The molecule has 8 nitrogen and oxygen atoms in total. The Morgan fingerprint density at radius 1 is 1.63 bits per heavy atom. The maximum absolute atomic E-state index is 11.9. The summed E-state index contributed by atoms with van der Waals surface area (Å²) >= 11 is 1.17. The topological polar surface area (TPSA) is 122 Å². The third-order valence-corrected chi connectivity index (χ3v) is 3.95. The summed E-state index contributed by atoms with van der Waals surface area (Å²) in [7, 11) is 1.25. The van der Waals surface area contributed by atoms with Gasteiger partial charge in [0.15, 0.2) is 0 Å². The number of ketones is 1. The summed E-state index contributed by atoms with van der Waals surface area (Å²) in [5, 5.41) is 11.4. The first-order valence-electron chi connectivity index (χ1n) is 5.28. The summed E-state index contributed by atoms with van der Waals surface area (Å²) < 4.78 is 0. The van der Waals surface area contributed by atoms with Crippen LogP contribution < -0.4 is 5.73 Å². The number of aliphatic carboxylic acids is 1. The average molecular weight is 285 g/mol. The third-order valence-electron chi connectivity index (χ3n) is 2.73. The van der Waals surface area contributed by atoms with Gasteiger partial charge in [0.05, 0.1) is 22.7 Å². The van der Waals surface area contributed by atoms with Crippen molar-refractivity contribution in [2.45, 2.75) is 17.2 Å². The summed E-state index contributed by atoms with van der Waals surface area (Å²) in [6.07, 6.45) is 1.06. The number of nitrogens with two attached hydrogens (primary N) is 1. The first kappa shape index (κ1) is 13.6. The zero-order valence-electron chi connectivity index (χ0n) is 9.90. The van der Waals surface area contributed by atoms with E-state index < -0.39 is 17.1 Å². The van der Waals surface area contributed by atoms with Crippen LogP contribution in [-0.4, -0.2) is 51.7 Å². The van der Waals surface area contributed by atoms with Gasteiger partial charge in [0.1, 0.15) is 19.0 Å². The predicted molar refractivity (Wildman–Crippen MR) is 66.0 cm³/mol. The number of Topliss-reactive ketones (excluding diaryl/α,β-unsaturated/α-hetero) is 1. The molecule has 2 unspecified atom stereocenters. The molecule has 2 atom stereocenters. The van der Waals surface area contributed by atoms with Gasteiger partial charge in [-0.1, -0.05) is 5.16 Å². The lowest BCUT2D eigenvalue weighted by Crippen LogP contribution is -2.57. The lowest BCUT2D eigenvalue weighted by molar-refractivity contribution is -0.146. The Bertz CT molecular complexity index is 515. The molecule has 1 saturated heterocycles. The van der Waals surface area contributed by atoms with Crippen molar-refractivity contribution >= 4 is 35.6 Å². The van der Waals surface area contributed by atoms with E-state index in [0.717, 1.165) is 11.1 Å². The number of β-lactam (4-membered cyclic amide) rings is 1. The minimum absolute atomic E-state index is 0.150. The van der Waals surface area contributed by atoms with Crippen LogP contribution in [0.15, 0.2) is 16.4 Å². The summed E-state index contributed by atoms with van der Waals surface area (Å²) in [4.78, 5) is 40.1. The van der Waals surface area contributed by atoms with Gasteiger partial charge in [-0.3, -0.25) is 14.5 Å². The summed E-state index contributed by atoms with van der Waals surface area (Å²) in [5.41, 5.74) is 5.28. The second kappa shape index (κ2) is 5.02. The van der Waals surface area contributed by atoms with Crippen LogP contribution >= 0.6 is 11.8 Å². The molecular weight excluding hydrogens is 274 g/mol. The zero-order valence-corrected chi connectivity index (χ0v) is 10.7. The van der Waals surface area contributed by atoms with Gasteiger partial charge < -0.3 is 15.7 Å². The van der Waals surface area contributed by atoms with Gasteiger partial charge in [0.25, 0.3) is 0 Å². The van der Waals surface area contributed by atoms with Gasteiger partial charge in [-0.15, -0.1) is 11.8 Å². The number of carbonyl (C=O) groups is 3. The largest absolute Gasteiger partial charge is 0.477 e. The van der Waals surface area contributed by atoms with Crippen molar-refractivity contribution in [1.29, 1.82) is 0 Å². The normalized spacial score (nSPS) is 26.2. The van der Waals surface area contributed by atoms with Gasteiger partial charge in [0.2, 0.25) is 11.7 Å². The average Bonchev–Trinajstić information content (AvgIpc) is 2.34. The number of carbonyl (C=O) groups excluding carboxylic acids is 2. The van der Waals surface area contributed by atoms with Crippen molar-refractivity contribution in [3.8, 4) is 0 Å². The lowest BCUT2D eigenvalue weighted by Gasteiger charge is -2.45. The van der Waals surface area contributed by atoms with Crippen LogP contribution in [-0.2, 0) is 19.2 Å². The Morgan fingerprint density at radius 3 is 2.84 bits per heavy atom. The monoisotopic (exact) mass is 285 g/mol. The van der Waals surface area contributed by atoms with E-state index in [2.05, 4.69) is 9.99 Å². The summed E-state index contributed by atoms with van der Waals surface area (Å²) in [6, 6.07) is 0. The van der Waals surface area contributed by atoms with E-state index >= 15 is 0 Å². The molecule has 0 radical (unpaired) electrons. The van der Waals surface area contributed by atoms with Gasteiger partial charge in [-0.2, -0.15) is 0 Å². The van der Waals surface area contributed by atoms with Crippen LogP contribution in [0.5, 0.6) is 0 Å². The number of hydrogen-bond acceptors (Lipinski definition) is 7. The van der Waals surface area contributed by atoms with Gasteiger partial charge in [-0.05, 0) is 0 Å². The minimum Gasteiger partial charge on any atom is -0.477 e. The fraction of sp³-hybridized carbons (Fsp3) is 0.400. The molecule has 0 saturated carbocycles. The number of thioether (sulfide) groups is 1. The van der Waals surface area contributed by atoms with Crippen molar-refractivity contribution in [3.63, 3.8) is 0 Å². The standard InChI is InChI=1S/C10H11N3O5S/c1-18-12-3-4(14)7-8(10(16)17)13-5(15)2-6(13)19-9(7)11/h3,6,9H,2,11H2,1H3,(H,16,17)/b12-3+. The van der Waals surface area contributed by atoms with E-state index in [4.69, 9.17) is 5.73 Å². The minimum atomic E-state index is -1.36. The van der Waals surface area contributed by atoms with E-state index in [9.17, 15) is 19.5 Å². The fourth-order valence-electron chi connectivity index (χ4n) is 1.91. The Kier molecular flexibility index (Phi) is 3.58. The van der Waals surface area contributed by atoms with Gasteiger partial charge in [-0.25, -0.2) is 4.79 Å². The first-order chi connectivity index (χ1) is 8.97. The highest BCUT2D eigenvalue weighted by Crippen LogP contribution is 2.42. The highest BCUT2D eigenvalue weighted by Gasteiger charge is 2.49. The molecule has 2 aliphatic heterocycles. The smallest absolute Gasteiger partial charge is 0.353 e. The highest BCUT2D eigenvalue weighted by molar-refractivity contribution is 8.00. The lowest BCUT2D eigenvalue weighted by atomic mass is 10.0. The van der Waals surface area contributed by atoms with Crippen LogP contribution in [0.1, 0.15) is 6.42 Å². The van der Waals surface area contributed by atoms with E-state index in [1.54, 1.807) is 0 Å². The molecule has 1 amide bonds. The van der Waals surface area contributed by atoms with Crippen molar-refractivity contribution in [2.75, 3.05) is 7.11 Å². The van der Waals surface area contributed by atoms with Crippen molar-refractivity contribution < 1.29 is 24.3 Å². The zero-order chi connectivity index (χ0) is 14.2. The summed E-state index contributed by atoms with van der Waals surface area (Å²) in [6.45, 7) is 0. The van der Waals surface area contributed by atoms with Crippen LogP contribution in [0.4, 0.5) is 0 Å². The molecule has 0 aromatic heterocycles. The van der Waals surface area contributed by atoms with Crippen molar-refractivity contribution in [2.24, 2.45) is 10.9 Å². The van der Waals surface area contributed by atoms with Crippen LogP contribution in [0.2, 0.25) is 0 Å². The molecule has 2 heterocycles. The molecule has 1 fully saturated rings. The Hall–Kier alpha value is -1.87. The molecule has 102 valence electrons. The summed E-state index contributed by atoms with van der Waals surface area (Å²) in [5.74, 6) is -2.38. The SMILES string of the molecule is CO/N=C/C(=O)C1=C(C(=O)O)N2C(=O)CC2SC1N. The molecule has 19 heavy (non-hydrogen) atoms. The molecule has 2 rings (SSSR count). The molecule has 2 aliphatic rings. The molecule has 0 bridgehead atoms. The molecule has 3 N–H and O–H groups in total. The number of oxime groups is 1. The van der Waals surface area contributed by atoms with E-state index in [-0.39, 0.29) is 29.0 Å². The first-order valence-corrected chi connectivity index (χ1v) is 6.23. The predicted octanol–water partition coefficient (Wildman–Crippen LogP) is -0.884. The van der Waals surface area contributed by atoms with Crippen LogP contribution in [0.3, 0.4) is 0 Å². The number of amides is 1. The number of carboxylic acid groups (broad SMARTS) is 1. The number of rotatable bonds is 4. The van der Waals surface area contributed by atoms with Gasteiger partial charge in [0, 0.05) is 0 Å². The van der Waals surface area contributed by atoms with Crippen molar-refractivity contribution in [1.82, 2.24) is 4.90 Å². The van der Waals surface area contributed by atoms with Crippen molar-refractivity contribution in [3.05, 3.63) is 11.3 Å². The Morgan fingerprint density at radius 2 is 2.32 bits per heavy atom. The van der Waals surface area contributed by atoms with E-state index in [1.807, 2.05) is 0 Å². The number of hydrogen-bond donors (Lipinski definition) is 2. The van der Waals surface area contributed by atoms with E-state index in [0.29, 0.717) is 0 Å². The third kappa shape index (κ3) is 2.22. The maximum atomic E-state index is 11.9. The molecule has 0 spiro atoms. The second-order valence-corrected chi connectivity index (χ2v) is 5.15. The molecule has 0 aliphatic carbocycles. The molecule has 0 aromatic rings. The maximum Gasteiger partial charge on any atom is 0.353 e. The molecule has 9 heteroatoms. The fourth-order valence-corrected chi connectivity index (χ4v) is 3.20. The van der Waals surface area contributed by atoms with Gasteiger partial charge >= 0.3 is 5.97 Å². The molecule has 0 aromatic carbocycles. The number of fused-ring (bicyclic) bond motifs is 1. The Balaban J connectivity index is 2.46. The number of carboxylic acids is 1. The quantitative estimate of drug-likeness (QED) is 0.390. The second-order valence-electron chi connectivity index (χ2n) is 3.83.